The fraction of sp³-hybridized carbons (Fsp3) is 0.350. The van der Waals surface area contributed by atoms with Crippen molar-refractivity contribution in [1.82, 2.24) is 14.5 Å². The molecule has 2 fully saturated rings. The Hall–Kier alpha value is -0.970. The van der Waals surface area contributed by atoms with Gasteiger partial charge < -0.3 is 9.80 Å². The summed E-state index contributed by atoms with van der Waals surface area (Å²) >= 11 is 14.9. The van der Waals surface area contributed by atoms with Crippen LogP contribution in [0.1, 0.15) is 41.5 Å². The minimum Gasteiger partial charge on any atom is -0.342 e. The molecule has 6 nitrogen and oxygen atoms in total. The van der Waals surface area contributed by atoms with Crippen LogP contribution in [-0.2, 0) is 15.9 Å². The van der Waals surface area contributed by atoms with E-state index in [1.807, 2.05) is 24.1 Å². The Balaban J connectivity index is 1.74. The summed E-state index contributed by atoms with van der Waals surface area (Å²) in [6.07, 6.45) is 4.56. The van der Waals surface area contributed by atoms with Crippen molar-refractivity contribution in [3.63, 3.8) is 0 Å². The van der Waals surface area contributed by atoms with Crippen LogP contribution in [-0.4, -0.2) is 36.6 Å². The smallest absolute Gasteiger partial charge is 0.258 e. The fourth-order valence-corrected chi connectivity index (χ4v) is 9.51. The predicted molar refractivity (Wildman–Crippen MR) is 125 cm³/mol. The lowest BCUT2D eigenvalue weighted by molar-refractivity contribution is -0.158. The molecule has 6 heterocycles. The van der Waals surface area contributed by atoms with Gasteiger partial charge in [-0.3, -0.25) is 14.2 Å². The monoisotopic (exact) mass is 656 g/mol. The molecule has 1 aromatic heterocycles. The topological polar surface area (TPSA) is 58.4 Å². The highest BCUT2D eigenvalue weighted by Gasteiger charge is 2.82. The van der Waals surface area contributed by atoms with Gasteiger partial charge in [-0.05, 0) is 41.4 Å². The van der Waals surface area contributed by atoms with Gasteiger partial charge in [-0.15, -0.1) is 0 Å². The number of fused-ring (bicyclic) bond motifs is 1. The standard InChI is InChI=1S/C20H12Br4N4O2/c1-18-12(24)4-20-16-15(25-7-26(16)17(18)30)10(23)6-27-13(29)5-19(20,27)14-9(22)2-8(21)3-11(14)28(18)20/h2-3,6-7,12H,4-5H2,1H3/t12?,18-,19-,20+/m0/s1. The molecule has 5 aliphatic rings. The van der Waals surface area contributed by atoms with E-state index in [9.17, 15) is 9.59 Å². The van der Waals surface area contributed by atoms with E-state index in [-0.39, 0.29) is 16.6 Å². The number of hydrogen-bond donors (Lipinski definition) is 0. The summed E-state index contributed by atoms with van der Waals surface area (Å²) in [5.41, 5.74) is 1.59. The lowest BCUT2D eigenvalue weighted by atomic mass is 9.64. The van der Waals surface area contributed by atoms with E-state index in [4.69, 9.17) is 0 Å². The number of β-lactam (4-membered cyclic amide) rings is 1. The van der Waals surface area contributed by atoms with Crippen molar-refractivity contribution in [2.45, 2.75) is 41.2 Å². The summed E-state index contributed by atoms with van der Waals surface area (Å²) < 4.78 is 4.30. The summed E-state index contributed by atoms with van der Waals surface area (Å²) in [4.78, 5) is 35.5. The number of benzene rings is 1. The molecular weight excluding hydrogens is 648 g/mol. The Kier molecular flexibility index (Phi) is 3.19. The molecule has 7 rings (SSSR count). The summed E-state index contributed by atoms with van der Waals surface area (Å²) in [7, 11) is 0. The van der Waals surface area contributed by atoms with Crippen molar-refractivity contribution >= 4 is 85.7 Å². The van der Waals surface area contributed by atoms with E-state index in [0.717, 1.165) is 36.1 Å². The normalized spacial score (nSPS) is 36.8. The van der Waals surface area contributed by atoms with Crippen LogP contribution in [0.3, 0.4) is 0 Å². The van der Waals surface area contributed by atoms with E-state index in [2.05, 4.69) is 79.7 Å². The molecule has 1 unspecified atom stereocenters. The lowest BCUT2D eigenvalue weighted by Gasteiger charge is -2.59. The number of imidazole rings is 1. The van der Waals surface area contributed by atoms with Gasteiger partial charge in [0, 0.05) is 31.2 Å². The predicted octanol–water partition coefficient (Wildman–Crippen LogP) is 4.84. The molecule has 1 aromatic carbocycles. The van der Waals surface area contributed by atoms with Crippen LogP contribution in [0, 0.1) is 0 Å². The molecule has 152 valence electrons. The first kappa shape index (κ1) is 18.6. The van der Waals surface area contributed by atoms with Gasteiger partial charge in [0.1, 0.15) is 28.6 Å². The molecule has 0 saturated carbocycles. The fourth-order valence-electron chi connectivity index (χ4n) is 6.61. The number of carbonyl (C=O) groups is 2. The maximum Gasteiger partial charge on any atom is 0.258 e. The molecule has 2 bridgehead atoms. The van der Waals surface area contributed by atoms with E-state index in [0.29, 0.717) is 12.8 Å². The van der Waals surface area contributed by atoms with E-state index in [1.54, 1.807) is 10.9 Å². The summed E-state index contributed by atoms with van der Waals surface area (Å²) in [5.74, 6) is 0.0574. The van der Waals surface area contributed by atoms with E-state index < -0.39 is 16.6 Å². The molecule has 5 aliphatic heterocycles. The van der Waals surface area contributed by atoms with Crippen LogP contribution in [0.25, 0.3) is 4.48 Å². The zero-order valence-electron chi connectivity index (χ0n) is 15.4. The first-order chi connectivity index (χ1) is 14.2. The highest BCUT2D eigenvalue weighted by atomic mass is 79.9. The zero-order valence-corrected chi connectivity index (χ0v) is 21.8. The van der Waals surface area contributed by atoms with Crippen LogP contribution in [0.4, 0.5) is 5.69 Å². The highest BCUT2D eigenvalue weighted by molar-refractivity contribution is 9.15. The Morgan fingerprint density at radius 2 is 1.93 bits per heavy atom. The van der Waals surface area contributed by atoms with Crippen molar-refractivity contribution in [2.24, 2.45) is 0 Å². The molecule has 4 atom stereocenters. The Morgan fingerprint density at radius 3 is 2.67 bits per heavy atom. The van der Waals surface area contributed by atoms with Crippen molar-refractivity contribution in [3.05, 3.63) is 50.6 Å². The maximum atomic E-state index is 13.9. The first-order valence-electron chi connectivity index (χ1n) is 9.46. The lowest BCUT2D eigenvalue weighted by Crippen LogP contribution is -2.73. The molecule has 0 radical (unpaired) electrons. The maximum absolute atomic E-state index is 13.9. The Labute approximate surface area is 205 Å². The number of nitrogens with zero attached hydrogens (tertiary/aromatic N) is 4. The number of aromatic nitrogens is 2. The highest BCUT2D eigenvalue weighted by Crippen LogP contribution is 2.75. The van der Waals surface area contributed by atoms with Crippen molar-refractivity contribution < 1.29 is 9.59 Å². The Morgan fingerprint density at radius 1 is 1.17 bits per heavy atom. The number of halogens is 4. The first-order valence-corrected chi connectivity index (χ1v) is 12.8. The minimum absolute atomic E-state index is 0.00949. The summed E-state index contributed by atoms with van der Waals surface area (Å²) in [6, 6.07) is 4.10. The van der Waals surface area contributed by atoms with Crippen LogP contribution in [0.5, 0.6) is 0 Å². The van der Waals surface area contributed by atoms with Crippen molar-refractivity contribution in [3.8, 4) is 0 Å². The van der Waals surface area contributed by atoms with Gasteiger partial charge in [-0.2, -0.15) is 0 Å². The van der Waals surface area contributed by atoms with Gasteiger partial charge in [0.2, 0.25) is 5.91 Å². The molecule has 2 saturated heterocycles. The zero-order chi connectivity index (χ0) is 21.0. The van der Waals surface area contributed by atoms with Gasteiger partial charge in [0.15, 0.2) is 0 Å². The van der Waals surface area contributed by atoms with Gasteiger partial charge in [0.05, 0.1) is 16.6 Å². The number of carbonyl (C=O) groups excluding carboxylic acids is 2. The minimum atomic E-state index is -0.815. The Bertz CT molecular complexity index is 1300. The van der Waals surface area contributed by atoms with Crippen LogP contribution in [0.15, 0.2) is 33.6 Å². The molecule has 0 N–H and O–H groups in total. The molecule has 2 aromatic rings. The molecule has 0 aliphatic carbocycles. The van der Waals surface area contributed by atoms with Crippen molar-refractivity contribution in [2.75, 3.05) is 4.90 Å². The van der Waals surface area contributed by atoms with Gasteiger partial charge in [0.25, 0.3) is 5.91 Å². The third-order valence-corrected chi connectivity index (χ3v) is 10.5. The number of rotatable bonds is 0. The molecule has 2 spiro atoms. The summed E-state index contributed by atoms with van der Waals surface area (Å²) in [6.45, 7) is 2.00. The second kappa shape index (κ2) is 5.15. The number of alkyl halides is 1. The summed E-state index contributed by atoms with van der Waals surface area (Å²) in [5, 5.41) is 0. The van der Waals surface area contributed by atoms with Gasteiger partial charge in [-0.25, -0.2) is 4.98 Å². The van der Waals surface area contributed by atoms with Gasteiger partial charge in [-0.1, -0.05) is 47.8 Å². The quantitative estimate of drug-likeness (QED) is 0.300. The largest absolute Gasteiger partial charge is 0.342 e. The average Bonchev–Trinajstić information content (AvgIpc) is 3.26. The molecule has 1 amide bonds. The number of anilines is 1. The van der Waals surface area contributed by atoms with E-state index in [1.165, 1.54) is 0 Å². The second-order valence-corrected chi connectivity index (χ2v) is 12.4. The average molecular weight is 660 g/mol. The SMILES string of the molecule is C[C@@]12C(=O)n3cnc4c3[C@@]3(CC1Br)N2c1cc(Br)cc(Br)c1[C@@]31CC(=O)N1C=C4Br. The van der Waals surface area contributed by atoms with Crippen molar-refractivity contribution in [1.29, 1.82) is 0 Å². The second-order valence-electron chi connectivity index (χ2n) is 8.69. The number of hydrogen-bond acceptors (Lipinski definition) is 4. The number of amides is 1. The van der Waals surface area contributed by atoms with Gasteiger partial charge >= 0.3 is 0 Å². The molecule has 10 heteroatoms. The third-order valence-electron chi connectivity index (χ3n) is 7.67. The van der Waals surface area contributed by atoms with E-state index >= 15 is 0 Å². The van der Waals surface area contributed by atoms with Crippen LogP contribution >= 0.6 is 63.7 Å². The van der Waals surface area contributed by atoms with Crippen LogP contribution in [0.2, 0.25) is 0 Å². The van der Waals surface area contributed by atoms with Crippen LogP contribution < -0.4 is 4.90 Å². The molecular formula is C20H12Br4N4O2. The third kappa shape index (κ3) is 1.54. The molecule has 30 heavy (non-hydrogen) atoms.